The average Bonchev–Trinajstić information content (AvgIpc) is 0.848. The van der Waals surface area contributed by atoms with E-state index in [0.717, 1.165) is 12.1 Å². The number of phenols is 1. The highest BCUT2D eigenvalue weighted by Gasteiger charge is 2.43. The summed E-state index contributed by atoms with van der Waals surface area (Å²) in [6.45, 7) is 13.9. The van der Waals surface area contributed by atoms with E-state index in [1.165, 1.54) is 74.4 Å². The van der Waals surface area contributed by atoms with Crippen LogP contribution in [-0.4, -0.2) is 206 Å². The molecule has 14 atom stereocenters. The zero-order valence-electron chi connectivity index (χ0n) is 64.7. The third-order valence-corrected chi connectivity index (χ3v) is 18.4. The van der Waals surface area contributed by atoms with Gasteiger partial charge in [-0.05, 0) is 142 Å². The molecule has 0 aliphatic carbocycles. The lowest BCUT2D eigenvalue weighted by atomic mass is 9.90. The SMILES string of the molecule is CC(C)C[C@@H](NC(=O)C1(C)CCCCCCCCC(C)(NC(=O)[C@@H](C)NC(=O)CCc2ccc(O)cc2)C(=O)N[C@H](Cc2ccc(C(F)(F)F)cc2)C(=O)N[C@H](CCC(=O)O)C(=O)N[C@H](CCC(N)=O)C(=O)N1)C(=O)N[C@H](CO)C(=O)N[C@H](C)C(=O)N[C@H](C)C(=O)N[C@H](C)C(=O)N[C@H](C)C(=O)N[C@H](C)C(=O)N[C@H](C)C(N)=O. The maximum Gasteiger partial charge on any atom is 0.416 e. The molecule has 112 heavy (non-hydrogen) atoms. The minimum Gasteiger partial charge on any atom is -0.508 e. The molecule has 36 nitrogen and oxygen atoms in total. The van der Waals surface area contributed by atoms with Crippen molar-refractivity contribution >= 4 is 100 Å². The summed E-state index contributed by atoms with van der Waals surface area (Å²) in [6.07, 6.45) is -6.49. The zero-order chi connectivity index (χ0) is 84.7. The molecule has 1 aliphatic rings. The number of aliphatic carboxylic acids is 1. The number of carboxylic acid groups (broad SMARTS) is 1. The van der Waals surface area contributed by atoms with Gasteiger partial charge < -0.3 is 101 Å². The number of aromatic hydroxyl groups is 1. The van der Waals surface area contributed by atoms with E-state index in [1.807, 2.05) is 0 Å². The Morgan fingerprint density at radius 2 is 0.929 bits per heavy atom. The Kier molecular flexibility index (Phi) is 38.0. The number of phenolic OH excluding ortho intramolecular Hbond substituents is 1. The number of nitrogens with one attached hydrogen (secondary N) is 14. The summed E-state index contributed by atoms with van der Waals surface area (Å²) >= 11 is 0. The molecule has 1 fully saturated rings. The fraction of sp³-hybridized carbons (Fsp3) is 0.603. The lowest BCUT2D eigenvalue weighted by molar-refractivity contribution is -0.140. The van der Waals surface area contributed by atoms with Crippen molar-refractivity contribution in [1.82, 2.24) is 74.4 Å². The van der Waals surface area contributed by atoms with Crippen molar-refractivity contribution < 1.29 is 110 Å². The standard InChI is InChI=1S/C73H109F3N16O20/c1-37(2)34-51(65(107)88-53(36-93)67(109)85-43(8)62(104)84-42(7)61(103)83-41(6)60(102)82-40(5)59(101)81-39(4)58(100)80-38(3)57(78)99)89-70(112)72(11)33-17-15-13-12-14-16-32-71(10,91-63(105)44(9)79-55(96)30-22-45-20-25-48(94)26-21-45)69(111)90-52(35-46-18-23-47(24-19-46)73(74,75)76)66(108)86-49(28-31-56(97)98)64(106)87-50(68(110)92-72)27-29-54(77)95/h18-21,23-26,37-44,49-53,93-94H,12-17,22,27-36H2,1-11H3,(H2,77,95)(H2,78,99)(H,79,96)(H,80,100)(H,81,101)(H,82,102)(H,83,103)(H,84,104)(H,85,109)(H,86,108)(H,87,106)(H,88,107)(H,89,112)(H,90,111)(H,91,105)(H,92,110)(H,97,98)/t38-,39-,40-,41-,42-,43-,44-,49-,50-,51-,52-,53-,71?,72?/m1/s1. The van der Waals surface area contributed by atoms with Crippen LogP contribution < -0.4 is 85.9 Å². The molecule has 2 aromatic carbocycles. The number of carbonyl (C=O) groups is 17. The molecule has 3 rings (SSSR count). The predicted molar refractivity (Wildman–Crippen MR) is 396 cm³/mol. The van der Waals surface area contributed by atoms with Gasteiger partial charge in [0.05, 0.1) is 12.2 Å². The van der Waals surface area contributed by atoms with Gasteiger partial charge in [-0.1, -0.05) is 76.6 Å². The van der Waals surface area contributed by atoms with E-state index in [2.05, 4.69) is 74.4 Å². The molecular formula is C73H109F3N16O20. The van der Waals surface area contributed by atoms with Gasteiger partial charge in [0, 0.05) is 25.7 Å². The van der Waals surface area contributed by atoms with Crippen molar-refractivity contribution in [2.24, 2.45) is 17.4 Å². The molecule has 2 aromatic rings. The Hall–Kier alpha value is -11.0. The molecule has 0 aromatic heterocycles. The summed E-state index contributed by atoms with van der Waals surface area (Å²) in [4.78, 5) is 230. The van der Waals surface area contributed by atoms with Crippen LogP contribution in [0.5, 0.6) is 5.75 Å². The lowest BCUT2D eigenvalue weighted by Crippen LogP contribution is -2.65. The summed E-state index contributed by atoms with van der Waals surface area (Å²) in [5.74, 6) is -17.2. The molecule has 0 bridgehead atoms. The molecule has 622 valence electrons. The smallest absolute Gasteiger partial charge is 0.416 e. The van der Waals surface area contributed by atoms with Gasteiger partial charge >= 0.3 is 12.1 Å². The number of aliphatic hydroxyl groups is 1. The van der Waals surface area contributed by atoms with Gasteiger partial charge in [0.2, 0.25) is 94.5 Å². The molecule has 0 spiro atoms. The second-order valence-corrected chi connectivity index (χ2v) is 28.9. The number of aryl methyl sites for hydroxylation is 1. The second kappa shape index (κ2) is 44.7. The number of primary amides is 2. The van der Waals surface area contributed by atoms with Gasteiger partial charge in [0.1, 0.15) is 89.3 Å². The third-order valence-electron chi connectivity index (χ3n) is 18.4. The number of carbonyl (C=O) groups excluding carboxylic acids is 16. The minimum absolute atomic E-state index is 0.00697. The van der Waals surface area contributed by atoms with Gasteiger partial charge in [0.25, 0.3) is 0 Å². The van der Waals surface area contributed by atoms with E-state index in [4.69, 9.17) is 11.5 Å². The molecule has 21 N–H and O–H groups in total. The quantitative estimate of drug-likeness (QED) is 0.0363. The number of carboxylic acids is 1. The molecule has 16 amide bonds. The van der Waals surface area contributed by atoms with Crippen LogP contribution in [-0.2, 0) is 101 Å². The van der Waals surface area contributed by atoms with Crippen molar-refractivity contribution in [1.29, 1.82) is 0 Å². The van der Waals surface area contributed by atoms with Gasteiger partial charge in [0.15, 0.2) is 0 Å². The number of nitrogens with two attached hydrogens (primary N) is 2. The van der Waals surface area contributed by atoms with Crippen LogP contribution in [0.25, 0.3) is 0 Å². The average molecular weight is 1590 g/mol. The fourth-order valence-electron chi connectivity index (χ4n) is 11.3. The first-order valence-corrected chi connectivity index (χ1v) is 36.8. The number of benzene rings is 2. The lowest BCUT2D eigenvalue weighted by Gasteiger charge is -2.34. The predicted octanol–water partition coefficient (Wildman–Crippen LogP) is -1.92. The molecule has 0 radical (unpaired) electrons. The Morgan fingerprint density at radius 3 is 1.39 bits per heavy atom. The van der Waals surface area contributed by atoms with E-state index in [9.17, 15) is 110 Å². The number of hydrogen-bond acceptors (Lipinski definition) is 19. The van der Waals surface area contributed by atoms with Gasteiger partial charge in [-0.2, -0.15) is 13.2 Å². The highest BCUT2D eigenvalue weighted by Crippen LogP contribution is 2.30. The van der Waals surface area contributed by atoms with Crippen LogP contribution in [0.2, 0.25) is 0 Å². The van der Waals surface area contributed by atoms with E-state index < -0.39 is 240 Å². The van der Waals surface area contributed by atoms with Crippen LogP contribution in [0, 0.1) is 5.92 Å². The maximum absolute atomic E-state index is 15.0. The molecule has 1 aliphatic heterocycles. The van der Waals surface area contributed by atoms with E-state index in [0.29, 0.717) is 43.4 Å². The topological polar surface area (TPSA) is 571 Å². The molecule has 1 saturated heterocycles. The summed E-state index contributed by atoms with van der Waals surface area (Å²) in [5, 5.41) is 64.3. The Labute approximate surface area is 646 Å². The van der Waals surface area contributed by atoms with Crippen molar-refractivity contribution in [3.8, 4) is 5.75 Å². The molecule has 1 heterocycles. The first-order chi connectivity index (χ1) is 52.2. The van der Waals surface area contributed by atoms with E-state index in [1.54, 1.807) is 26.0 Å². The summed E-state index contributed by atoms with van der Waals surface area (Å²) in [7, 11) is 0. The van der Waals surface area contributed by atoms with Crippen molar-refractivity contribution in [3.05, 3.63) is 65.2 Å². The highest BCUT2D eigenvalue weighted by molar-refractivity contribution is 6.01. The number of amides is 16. The zero-order valence-corrected chi connectivity index (χ0v) is 64.7. The summed E-state index contributed by atoms with van der Waals surface area (Å²) in [5.41, 5.74) is 6.38. The van der Waals surface area contributed by atoms with Gasteiger partial charge in [-0.25, -0.2) is 0 Å². The third kappa shape index (κ3) is 32.5. The highest BCUT2D eigenvalue weighted by atomic mass is 19.4. The van der Waals surface area contributed by atoms with Crippen LogP contribution >= 0.6 is 0 Å². The van der Waals surface area contributed by atoms with Gasteiger partial charge in [-0.15, -0.1) is 0 Å². The van der Waals surface area contributed by atoms with E-state index >= 15 is 0 Å². The Bertz CT molecular complexity index is 3680. The number of hydrogen-bond donors (Lipinski definition) is 19. The molecule has 2 unspecified atom stereocenters. The molecule has 39 heteroatoms. The number of aliphatic hydroxyl groups excluding tert-OH is 1. The normalized spacial score (nSPS) is 20.7. The molecular weight excluding hydrogens is 1480 g/mol. The second-order valence-electron chi connectivity index (χ2n) is 28.9. The van der Waals surface area contributed by atoms with Gasteiger partial charge in [-0.3, -0.25) is 81.5 Å². The first-order valence-electron chi connectivity index (χ1n) is 36.8. The Balaban J connectivity index is 1.96. The largest absolute Gasteiger partial charge is 0.508 e. The summed E-state index contributed by atoms with van der Waals surface area (Å²) < 4.78 is 41.3. The summed E-state index contributed by atoms with van der Waals surface area (Å²) in [6, 6.07) is -8.19. The number of alkyl halides is 3. The van der Waals surface area contributed by atoms with Crippen LogP contribution in [0.4, 0.5) is 13.2 Å². The fourth-order valence-corrected chi connectivity index (χ4v) is 11.3. The monoisotopic (exact) mass is 1590 g/mol. The minimum atomic E-state index is -4.79. The van der Waals surface area contributed by atoms with Crippen LogP contribution in [0.3, 0.4) is 0 Å². The van der Waals surface area contributed by atoms with Crippen molar-refractivity contribution in [3.63, 3.8) is 0 Å². The number of rotatable bonds is 34. The van der Waals surface area contributed by atoms with Crippen molar-refractivity contribution in [2.45, 2.75) is 269 Å². The first kappa shape index (κ1) is 95.2. The maximum atomic E-state index is 15.0. The Morgan fingerprint density at radius 1 is 0.500 bits per heavy atom. The van der Waals surface area contributed by atoms with Crippen molar-refractivity contribution in [2.75, 3.05) is 6.61 Å². The van der Waals surface area contributed by atoms with Crippen LogP contribution in [0.1, 0.15) is 183 Å². The van der Waals surface area contributed by atoms with Crippen LogP contribution in [0.15, 0.2) is 48.5 Å². The number of halogens is 3. The van der Waals surface area contributed by atoms with E-state index in [-0.39, 0.29) is 56.3 Å². The molecule has 0 saturated carbocycles.